The summed E-state index contributed by atoms with van der Waals surface area (Å²) in [6, 6.07) is 1.83. The van der Waals surface area contributed by atoms with Crippen molar-refractivity contribution in [1.82, 2.24) is 14.2 Å². The van der Waals surface area contributed by atoms with Gasteiger partial charge < -0.3 is 4.57 Å². The van der Waals surface area contributed by atoms with E-state index < -0.39 is 0 Å². The van der Waals surface area contributed by atoms with E-state index in [4.69, 9.17) is 11.6 Å². The van der Waals surface area contributed by atoms with E-state index in [0.29, 0.717) is 5.52 Å². The van der Waals surface area contributed by atoms with Crippen LogP contribution in [0.25, 0.3) is 5.52 Å². The molecule has 0 aliphatic carbocycles. The van der Waals surface area contributed by atoms with Gasteiger partial charge in [0.1, 0.15) is 5.52 Å². The summed E-state index contributed by atoms with van der Waals surface area (Å²) in [6.45, 7) is 2.66. The minimum absolute atomic E-state index is 0.0374. The van der Waals surface area contributed by atoms with Crippen LogP contribution in [-0.2, 0) is 6.54 Å². The molecule has 0 spiro atoms. The second-order valence-corrected chi connectivity index (χ2v) is 4.89. The predicted octanol–water partition coefficient (Wildman–Crippen LogP) is 2.60. The molecule has 0 aromatic carbocycles. The Balaban J connectivity index is 2.05. The third-order valence-electron chi connectivity index (χ3n) is 3.01. The summed E-state index contributed by atoms with van der Waals surface area (Å²) in [5, 5.41) is 4.22. The van der Waals surface area contributed by atoms with Crippen molar-refractivity contribution in [1.29, 1.82) is 0 Å². The van der Waals surface area contributed by atoms with Gasteiger partial charge in [-0.05, 0) is 25.8 Å². The first kappa shape index (κ1) is 13.1. The number of unbranched alkanes of at least 4 members (excludes halogenated alkanes) is 3. The molecule has 98 valence electrons. The van der Waals surface area contributed by atoms with E-state index in [0.717, 1.165) is 43.8 Å². The average Bonchev–Trinajstić information content (AvgIpc) is 2.73. The molecule has 0 aliphatic heterocycles. The van der Waals surface area contributed by atoms with Crippen LogP contribution in [0.5, 0.6) is 0 Å². The van der Waals surface area contributed by atoms with Crippen molar-refractivity contribution in [3.8, 4) is 0 Å². The van der Waals surface area contributed by atoms with E-state index in [-0.39, 0.29) is 5.56 Å². The lowest BCUT2D eigenvalue weighted by Gasteiger charge is -2.05. The Morgan fingerprint density at radius 3 is 2.78 bits per heavy atom. The first-order valence-electron chi connectivity index (χ1n) is 6.34. The van der Waals surface area contributed by atoms with E-state index in [1.807, 2.05) is 25.4 Å². The van der Waals surface area contributed by atoms with Crippen LogP contribution in [0.1, 0.15) is 31.4 Å². The van der Waals surface area contributed by atoms with Crippen molar-refractivity contribution in [2.75, 3.05) is 5.88 Å². The van der Waals surface area contributed by atoms with Gasteiger partial charge in [-0.25, -0.2) is 4.52 Å². The van der Waals surface area contributed by atoms with Crippen LogP contribution in [0.3, 0.4) is 0 Å². The molecule has 2 aromatic heterocycles. The number of rotatable bonds is 6. The molecule has 18 heavy (non-hydrogen) atoms. The number of hydrogen-bond donors (Lipinski definition) is 0. The van der Waals surface area contributed by atoms with Gasteiger partial charge in [0.05, 0.1) is 5.69 Å². The van der Waals surface area contributed by atoms with Gasteiger partial charge in [0.25, 0.3) is 5.56 Å². The second-order valence-electron chi connectivity index (χ2n) is 4.52. The summed E-state index contributed by atoms with van der Waals surface area (Å²) in [6.07, 6.45) is 7.96. The highest BCUT2D eigenvalue weighted by Gasteiger charge is 2.04. The quantitative estimate of drug-likeness (QED) is 0.596. The predicted molar refractivity (Wildman–Crippen MR) is 73.4 cm³/mol. The Bertz CT molecular complexity index is 573. The van der Waals surface area contributed by atoms with Crippen molar-refractivity contribution < 1.29 is 0 Å². The van der Waals surface area contributed by atoms with Crippen LogP contribution in [0.4, 0.5) is 0 Å². The van der Waals surface area contributed by atoms with Crippen molar-refractivity contribution in [2.45, 2.75) is 39.2 Å². The number of halogens is 1. The maximum absolute atomic E-state index is 12.1. The van der Waals surface area contributed by atoms with E-state index in [1.165, 1.54) is 0 Å². The zero-order valence-corrected chi connectivity index (χ0v) is 11.4. The maximum atomic E-state index is 12.1. The van der Waals surface area contributed by atoms with E-state index >= 15 is 0 Å². The van der Waals surface area contributed by atoms with Crippen molar-refractivity contribution >= 4 is 17.1 Å². The Labute approximate surface area is 111 Å². The minimum Gasteiger partial charge on any atom is -0.312 e. The molecular weight excluding hydrogens is 250 g/mol. The van der Waals surface area contributed by atoms with Gasteiger partial charge in [-0.15, -0.1) is 11.6 Å². The molecule has 0 saturated heterocycles. The Morgan fingerprint density at radius 1 is 1.22 bits per heavy atom. The zero-order chi connectivity index (χ0) is 13.0. The number of fused-ring (bicyclic) bond motifs is 1. The van der Waals surface area contributed by atoms with Crippen molar-refractivity contribution in [2.24, 2.45) is 0 Å². The van der Waals surface area contributed by atoms with Gasteiger partial charge in [-0.2, -0.15) is 5.10 Å². The van der Waals surface area contributed by atoms with Gasteiger partial charge in [-0.3, -0.25) is 4.79 Å². The fourth-order valence-electron chi connectivity index (χ4n) is 2.05. The molecule has 0 radical (unpaired) electrons. The lowest BCUT2D eigenvalue weighted by molar-refractivity contribution is 0.569. The largest absolute Gasteiger partial charge is 0.312 e. The number of nitrogens with zero attached hydrogens (tertiary/aromatic N) is 3. The SMILES string of the molecule is Cc1cc2c(=O)n(CCCCCCCl)ccn2n1. The third kappa shape index (κ3) is 2.93. The molecule has 0 amide bonds. The molecule has 0 N–H and O–H groups in total. The third-order valence-corrected chi connectivity index (χ3v) is 3.28. The van der Waals surface area contributed by atoms with Crippen LogP contribution in [0.15, 0.2) is 23.3 Å². The molecule has 2 heterocycles. The Morgan fingerprint density at radius 2 is 2.00 bits per heavy atom. The van der Waals surface area contributed by atoms with Gasteiger partial charge >= 0.3 is 0 Å². The molecule has 0 saturated carbocycles. The number of aromatic nitrogens is 3. The second kappa shape index (κ2) is 6.05. The van der Waals surface area contributed by atoms with Gasteiger partial charge in [0, 0.05) is 24.8 Å². The van der Waals surface area contributed by atoms with Crippen LogP contribution < -0.4 is 5.56 Å². The molecule has 0 unspecified atom stereocenters. The average molecular weight is 268 g/mol. The van der Waals surface area contributed by atoms with Gasteiger partial charge in [-0.1, -0.05) is 12.8 Å². The molecule has 0 atom stereocenters. The fourth-order valence-corrected chi connectivity index (χ4v) is 2.24. The van der Waals surface area contributed by atoms with E-state index in [2.05, 4.69) is 5.10 Å². The lowest BCUT2D eigenvalue weighted by Crippen LogP contribution is -2.21. The minimum atomic E-state index is 0.0374. The first-order chi connectivity index (χ1) is 8.72. The Hall–Kier alpha value is -1.29. The maximum Gasteiger partial charge on any atom is 0.276 e. The summed E-state index contributed by atoms with van der Waals surface area (Å²) < 4.78 is 3.40. The molecule has 5 heteroatoms. The fraction of sp³-hybridized carbons (Fsp3) is 0.538. The van der Waals surface area contributed by atoms with Gasteiger partial charge in [0.15, 0.2) is 0 Å². The van der Waals surface area contributed by atoms with Crippen LogP contribution in [0, 0.1) is 6.92 Å². The van der Waals surface area contributed by atoms with Crippen LogP contribution in [0.2, 0.25) is 0 Å². The number of alkyl halides is 1. The molecule has 2 rings (SSSR count). The summed E-state index contributed by atoms with van der Waals surface area (Å²) in [7, 11) is 0. The summed E-state index contributed by atoms with van der Waals surface area (Å²) >= 11 is 5.63. The standard InChI is InChI=1S/C13H18ClN3O/c1-11-10-12-13(18)16(8-9-17(12)15-11)7-5-3-2-4-6-14/h8-10H,2-7H2,1H3. The molecule has 2 aromatic rings. The first-order valence-corrected chi connectivity index (χ1v) is 6.87. The number of hydrogen-bond acceptors (Lipinski definition) is 2. The topological polar surface area (TPSA) is 39.3 Å². The van der Waals surface area contributed by atoms with Crippen molar-refractivity contribution in [3.63, 3.8) is 0 Å². The highest BCUT2D eigenvalue weighted by molar-refractivity contribution is 6.17. The van der Waals surface area contributed by atoms with Crippen LogP contribution in [-0.4, -0.2) is 20.1 Å². The summed E-state index contributed by atoms with van der Waals surface area (Å²) in [5.41, 5.74) is 1.55. The van der Waals surface area contributed by atoms with Crippen molar-refractivity contribution in [3.05, 3.63) is 34.5 Å². The molecule has 4 nitrogen and oxygen atoms in total. The monoisotopic (exact) mass is 267 g/mol. The molecule has 0 bridgehead atoms. The van der Waals surface area contributed by atoms with Crippen LogP contribution >= 0.6 is 11.6 Å². The highest BCUT2D eigenvalue weighted by Crippen LogP contribution is 2.04. The van der Waals surface area contributed by atoms with Gasteiger partial charge in [0.2, 0.25) is 0 Å². The normalized spacial score (nSPS) is 11.2. The van der Waals surface area contributed by atoms with E-state index in [9.17, 15) is 4.79 Å². The summed E-state index contributed by atoms with van der Waals surface area (Å²) in [4.78, 5) is 12.1. The lowest BCUT2D eigenvalue weighted by atomic mass is 10.2. The number of aryl methyl sites for hydroxylation is 2. The zero-order valence-electron chi connectivity index (χ0n) is 10.6. The van der Waals surface area contributed by atoms with E-state index in [1.54, 1.807) is 9.08 Å². The molecule has 0 aliphatic rings. The molecular formula is C13H18ClN3O. The molecule has 0 fully saturated rings. The highest BCUT2D eigenvalue weighted by atomic mass is 35.5. The smallest absolute Gasteiger partial charge is 0.276 e. The summed E-state index contributed by atoms with van der Waals surface area (Å²) in [5.74, 6) is 0.723. The Kier molecular flexibility index (Phi) is 4.42.